The van der Waals surface area contributed by atoms with Crippen molar-refractivity contribution in [2.45, 2.75) is 12.8 Å². The molecule has 9 rings (SSSR count). The number of aromatic nitrogens is 1. The Morgan fingerprint density at radius 1 is 0.623 bits per heavy atom. The number of benzene rings is 7. The van der Waals surface area contributed by atoms with Gasteiger partial charge in [0.15, 0.2) is 0 Å². The molecule has 0 saturated heterocycles. The topological polar surface area (TPSA) is 45.7 Å². The van der Waals surface area contributed by atoms with Crippen LogP contribution >= 0.6 is 0 Å². The molecule has 5 nitrogen and oxygen atoms in total. The van der Waals surface area contributed by atoms with Gasteiger partial charge in [-0.25, -0.2) is 0 Å². The van der Waals surface area contributed by atoms with Gasteiger partial charge in [-0.1, -0.05) is 150 Å². The summed E-state index contributed by atoms with van der Waals surface area (Å²) in [6.07, 6.45) is -0.167. The van der Waals surface area contributed by atoms with Crippen LogP contribution in [0.2, 0.25) is 0 Å². The van der Waals surface area contributed by atoms with Crippen molar-refractivity contribution in [3.63, 3.8) is 0 Å². The van der Waals surface area contributed by atoms with Crippen LogP contribution in [0.3, 0.4) is 0 Å². The fourth-order valence-corrected chi connectivity index (χ4v) is 8.58. The minimum absolute atomic E-state index is 0.167. The van der Waals surface area contributed by atoms with Crippen molar-refractivity contribution < 1.29 is 4.42 Å². The second kappa shape index (κ2) is 14.1. The van der Waals surface area contributed by atoms with Crippen LogP contribution in [0, 0.1) is 0 Å². The first-order valence-electron chi connectivity index (χ1n) is 18.0. The fraction of sp³-hybridized carbons (Fsp3) is 0.0851. The Kier molecular flexibility index (Phi) is 8.68. The maximum atomic E-state index is 6.42. The second-order valence-corrected chi connectivity index (χ2v) is 14.9. The number of para-hydroxylation sites is 1. The van der Waals surface area contributed by atoms with E-state index in [0.29, 0.717) is 16.2 Å². The van der Waals surface area contributed by atoms with Gasteiger partial charge in [-0.15, -0.1) is 0 Å². The Labute approximate surface area is 311 Å². The lowest BCUT2D eigenvalue weighted by Gasteiger charge is -2.31. The van der Waals surface area contributed by atoms with Crippen molar-refractivity contribution in [1.82, 2.24) is 14.8 Å². The molecule has 7 aromatic carbocycles. The molecule has 0 spiro atoms. The molecular weight excluding hydrogens is 665 g/mol. The molecule has 2 radical (unpaired) electrons. The van der Waals surface area contributed by atoms with Crippen LogP contribution < -0.4 is 15.7 Å². The molecule has 0 saturated carbocycles. The molecular formula is C47H38N4OSi. The average molecular weight is 703 g/mol. The van der Waals surface area contributed by atoms with E-state index < -0.39 is 0 Å². The number of amidine groups is 1. The summed E-state index contributed by atoms with van der Waals surface area (Å²) in [5, 5.41) is 11.2. The summed E-state index contributed by atoms with van der Waals surface area (Å²) >= 11 is 0. The molecule has 6 heteroatoms. The van der Waals surface area contributed by atoms with E-state index in [1.54, 1.807) is 0 Å². The predicted molar refractivity (Wildman–Crippen MR) is 223 cm³/mol. The molecule has 0 aliphatic carbocycles. The third kappa shape index (κ3) is 6.33. The summed E-state index contributed by atoms with van der Waals surface area (Å²) < 4.78 is 8.87. The van der Waals surface area contributed by atoms with E-state index in [0.717, 1.165) is 44.5 Å². The SMILES string of the molecule is CN=C(NC(c1ccccc1)N(C)Cn1c2ccc([Si]c3ccccc3)cc2c2cc3oc4ccccc4c3cc21)c1cccc(-c2ccccc2)c1. The molecule has 2 aromatic heterocycles. The molecule has 0 aliphatic rings. The normalized spacial score (nSPS) is 12.7. The van der Waals surface area contributed by atoms with E-state index in [2.05, 4.69) is 186 Å². The van der Waals surface area contributed by atoms with Crippen molar-refractivity contribution in [3.8, 4) is 11.1 Å². The summed E-state index contributed by atoms with van der Waals surface area (Å²) in [6.45, 7) is 0.634. The first-order chi connectivity index (χ1) is 26.1. The van der Waals surface area contributed by atoms with Gasteiger partial charge in [0, 0.05) is 34.2 Å². The maximum Gasteiger partial charge on any atom is 0.136 e. The fourth-order valence-electron chi connectivity index (χ4n) is 7.51. The summed E-state index contributed by atoms with van der Waals surface area (Å²) in [5.41, 5.74) is 8.73. The third-order valence-corrected chi connectivity index (χ3v) is 11.3. The van der Waals surface area contributed by atoms with E-state index in [-0.39, 0.29) is 6.17 Å². The Bertz CT molecular complexity index is 2740. The van der Waals surface area contributed by atoms with Crippen molar-refractivity contribution in [3.05, 3.63) is 181 Å². The molecule has 0 amide bonds. The van der Waals surface area contributed by atoms with Crippen molar-refractivity contribution in [1.29, 1.82) is 0 Å². The Morgan fingerprint density at radius 3 is 2.11 bits per heavy atom. The van der Waals surface area contributed by atoms with Gasteiger partial charge in [0.05, 0.1) is 17.7 Å². The van der Waals surface area contributed by atoms with Gasteiger partial charge >= 0.3 is 0 Å². The van der Waals surface area contributed by atoms with E-state index in [1.165, 1.54) is 37.7 Å². The van der Waals surface area contributed by atoms with E-state index in [4.69, 9.17) is 9.41 Å². The van der Waals surface area contributed by atoms with Gasteiger partial charge in [0.2, 0.25) is 0 Å². The van der Waals surface area contributed by atoms with Gasteiger partial charge < -0.3 is 14.3 Å². The Hall–Kier alpha value is -6.21. The van der Waals surface area contributed by atoms with Crippen LogP contribution in [0.1, 0.15) is 17.3 Å². The van der Waals surface area contributed by atoms with Crippen LogP contribution in [0.5, 0.6) is 0 Å². The Balaban J connectivity index is 1.14. The van der Waals surface area contributed by atoms with Crippen LogP contribution in [0.25, 0.3) is 54.9 Å². The molecule has 256 valence electrons. The first kappa shape index (κ1) is 32.7. The molecule has 0 bridgehead atoms. The van der Waals surface area contributed by atoms with Crippen LogP contribution in [0.15, 0.2) is 179 Å². The largest absolute Gasteiger partial charge is 0.456 e. The lowest BCUT2D eigenvalue weighted by molar-refractivity contribution is 0.186. The summed E-state index contributed by atoms with van der Waals surface area (Å²) in [4.78, 5) is 7.17. The third-order valence-electron chi connectivity index (χ3n) is 10.1. The average Bonchev–Trinajstić information content (AvgIpc) is 3.72. The Morgan fingerprint density at radius 2 is 1.32 bits per heavy atom. The van der Waals surface area contributed by atoms with Gasteiger partial charge in [0.25, 0.3) is 0 Å². The number of furan rings is 1. The molecule has 0 fully saturated rings. The standard InChI is InChI=1S/C47H38N4OSi/c1-48-46(35-20-14-19-34(27-35)32-15-6-3-7-16-32)49-47(33-17-8-4-9-18-33)50(2)31-51-42-26-25-37(53-36-21-10-5-11-22-36)28-39(42)40-30-45-41(29-43(40)51)38-23-12-13-24-44(38)52-45/h3-30,47H,31H2,1-2H3,(H,48,49). The molecule has 1 N–H and O–H groups in total. The number of nitrogens with one attached hydrogen (secondary N) is 1. The lowest BCUT2D eigenvalue weighted by Crippen LogP contribution is -2.40. The zero-order valence-corrected chi connectivity index (χ0v) is 30.7. The second-order valence-electron chi connectivity index (χ2n) is 13.5. The van der Waals surface area contributed by atoms with Gasteiger partial charge in [0.1, 0.15) is 32.7 Å². The zero-order chi connectivity index (χ0) is 35.7. The van der Waals surface area contributed by atoms with E-state index in [9.17, 15) is 0 Å². The number of hydrogen-bond donors (Lipinski definition) is 1. The smallest absolute Gasteiger partial charge is 0.136 e. The first-order valence-corrected chi connectivity index (χ1v) is 19.0. The molecule has 0 aliphatic heterocycles. The molecule has 1 atom stereocenters. The van der Waals surface area contributed by atoms with E-state index >= 15 is 0 Å². The lowest BCUT2D eigenvalue weighted by atomic mass is 10.0. The highest BCUT2D eigenvalue weighted by molar-refractivity contribution is 6.67. The number of aliphatic imine (C=N–C) groups is 1. The van der Waals surface area contributed by atoms with Crippen molar-refractivity contribution in [2.75, 3.05) is 14.1 Å². The molecule has 1 unspecified atom stereocenters. The highest BCUT2D eigenvalue weighted by atomic mass is 28.2. The predicted octanol–water partition coefficient (Wildman–Crippen LogP) is 9.27. The van der Waals surface area contributed by atoms with Gasteiger partial charge in [-0.3, -0.25) is 9.89 Å². The number of rotatable bonds is 9. The molecule has 53 heavy (non-hydrogen) atoms. The maximum absolute atomic E-state index is 6.42. The minimum atomic E-state index is -0.167. The summed E-state index contributed by atoms with van der Waals surface area (Å²) in [5.74, 6) is 0.837. The van der Waals surface area contributed by atoms with Gasteiger partial charge in [-0.2, -0.15) is 0 Å². The van der Waals surface area contributed by atoms with Gasteiger partial charge in [-0.05, 0) is 54.1 Å². The minimum Gasteiger partial charge on any atom is -0.456 e. The van der Waals surface area contributed by atoms with E-state index in [1.807, 2.05) is 13.1 Å². The monoisotopic (exact) mass is 702 g/mol. The number of nitrogens with zero attached hydrogens (tertiary/aromatic N) is 3. The van der Waals surface area contributed by atoms with Crippen LogP contribution in [-0.2, 0) is 6.67 Å². The molecule has 2 heterocycles. The quantitative estimate of drug-likeness (QED) is 0.0706. The van der Waals surface area contributed by atoms with Crippen molar-refractivity contribution >= 4 is 69.5 Å². The van der Waals surface area contributed by atoms with Crippen LogP contribution in [-0.4, -0.2) is 38.9 Å². The highest BCUT2D eigenvalue weighted by Gasteiger charge is 2.23. The summed E-state index contributed by atoms with van der Waals surface area (Å²) in [6, 6.07) is 60.3. The number of fused-ring (bicyclic) bond motifs is 6. The zero-order valence-electron chi connectivity index (χ0n) is 29.7. The summed E-state index contributed by atoms with van der Waals surface area (Å²) in [7, 11) is 4.62. The number of hydrogen-bond acceptors (Lipinski definition) is 3. The molecule has 9 aromatic rings. The van der Waals surface area contributed by atoms with Crippen LogP contribution in [0.4, 0.5) is 0 Å². The highest BCUT2D eigenvalue weighted by Crippen LogP contribution is 2.37. The van der Waals surface area contributed by atoms with Crippen molar-refractivity contribution in [2.24, 2.45) is 4.99 Å².